The molecule has 0 aliphatic heterocycles. The zero-order valence-electron chi connectivity index (χ0n) is 10.8. The summed E-state index contributed by atoms with van der Waals surface area (Å²) in [6.07, 6.45) is 1.34. The minimum atomic E-state index is 0.0828. The molecular weight excluding hydrogens is 322 g/mol. The molecule has 0 unspecified atom stereocenters. The van der Waals surface area contributed by atoms with Crippen LogP contribution in [0, 0.1) is 6.92 Å². The third-order valence-electron chi connectivity index (χ3n) is 2.81. The van der Waals surface area contributed by atoms with E-state index in [2.05, 4.69) is 27.3 Å². The van der Waals surface area contributed by atoms with Gasteiger partial charge in [-0.1, -0.05) is 29.8 Å². The highest BCUT2D eigenvalue weighted by Gasteiger charge is 2.03. The molecular formula is C15H16BrNOS. The van der Waals surface area contributed by atoms with E-state index < -0.39 is 0 Å². The van der Waals surface area contributed by atoms with Gasteiger partial charge in [-0.25, -0.2) is 0 Å². The van der Waals surface area contributed by atoms with Crippen LogP contribution in [-0.2, 0) is 17.6 Å². The van der Waals surface area contributed by atoms with Gasteiger partial charge in [0.25, 0.3) is 0 Å². The van der Waals surface area contributed by atoms with Gasteiger partial charge in [-0.15, -0.1) is 11.3 Å². The molecule has 0 saturated carbocycles. The Kier molecular flexibility index (Phi) is 5.16. The average molecular weight is 338 g/mol. The number of aryl methyl sites for hydroxylation is 1. The smallest absolute Gasteiger partial charge is 0.224 e. The van der Waals surface area contributed by atoms with E-state index in [1.807, 2.05) is 37.3 Å². The highest BCUT2D eigenvalue weighted by atomic mass is 79.9. The third kappa shape index (κ3) is 4.80. The monoisotopic (exact) mass is 337 g/mol. The molecule has 1 aromatic heterocycles. The second kappa shape index (κ2) is 6.87. The molecule has 0 aliphatic carbocycles. The lowest BCUT2D eigenvalue weighted by Crippen LogP contribution is -2.27. The fourth-order valence-electron chi connectivity index (χ4n) is 1.77. The SMILES string of the molecule is Cc1ccc(CC(=O)NCCc2ccc(Br)s2)cc1. The summed E-state index contributed by atoms with van der Waals surface area (Å²) < 4.78 is 1.13. The molecule has 2 aromatic rings. The Hall–Kier alpha value is -1.13. The van der Waals surface area contributed by atoms with Gasteiger partial charge >= 0.3 is 0 Å². The van der Waals surface area contributed by atoms with E-state index in [1.165, 1.54) is 10.4 Å². The van der Waals surface area contributed by atoms with Gasteiger partial charge in [0.1, 0.15) is 0 Å². The Morgan fingerprint density at radius 1 is 1.21 bits per heavy atom. The highest BCUT2D eigenvalue weighted by Crippen LogP contribution is 2.22. The van der Waals surface area contributed by atoms with Crippen LogP contribution in [0.3, 0.4) is 0 Å². The third-order valence-corrected chi connectivity index (χ3v) is 4.49. The normalized spacial score (nSPS) is 10.4. The van der Waals surface area contributed by atoms with Crippen molar-refractivity contribution in [3.63, 3.8) is 0 Å². The van der Waals surface area contributed by atoms with Gasteiger partial charge in [0.05, 0.1) is 10.2 Å². The Labute approximate surface area is 126 Å². The second-order valence-corrected chi connectivity index (χ2v) is 7.02. The number of carbonyl (C=O) groups is 1. The molecule has 0 atom stereocenters. The summed E-state index contributed by atoms with van der Waals surface area (Å²) in [4.78, 5) is 13.1. The molecule has 0 fully saturated rings. The van der Waals surface area contributed by atoms with Crippen LogP contribution in [0.15, 0.2) is 40.2 Å². The Morgan fingerprint density at radius 2 is 1.95 bits per heavy atom. The van der Waals surface area contributed by atoms with Crippen LogP contribution < -0.4 is 5.32 Å². The first-order valence-corrected chi connectivity index (χ1v) is 7.81. The number of hydrogen-bond acceptors (Lipinski definition) is 2. The molecule has 0 spiro atoms. The Morgan fingerprint density at radius 3 is 2.58 bits per heavy atom. The number of rotatable bonds is 5. The summed E-state index contributed by atoms with van der Waals surface area (Å²) in [7, 11) is 0. The summed E-state index contributed by atoms with van der Waals surface area (Å²) in [6.45, 7) is 2.74. The fraction of sp³-hybridized carbons (Fsp3) is 0.267. The molecule has 0 bridgehead atoms. The van der Waals surface area contributed by atoms with Crippen LogP contribution in [0.1, 0.15) is 16.0 Å². The number of hydrogen-bond donors (Lipinski definition) is 1. The number of amides is 1. The van der Waals surface area contributed by atoms with Crippen molar-refractivity contribution in [2.75, 3.05) is 6.54 Å². The van der Waals surface area contributed by atoms with Gasteiger partial charge in [0.2, 0.25) is 5.91 Å². The molecule has 1 aromatic carbocycles. The largest absolute Gasteiger partial charge is 0.355 e. The molecule has 0 saturated heterocycles. The maximum Gasteiger partial charge on any atom is 0.224 e. The van der Waals surface area contributed by atoms with Crippen molar-refractivity contribution in [2.24, 2.45) is 0 Å². The average Bonchev–Trinajstić information content (AvgIpc) is 2.78. The molecule has 2 rings (SSSR count). The van der Waals surface area contributed by atoms with E-state index in [1.54, 1.807) is 11.3 Å². The number of benzene rings is 1. The minimum absolute atomic E-state index is 0.0828. The lowest BCUT2D eigenvalue weighted by Gasteiger charge is -2.04. The lowest BCUT2D eigenvalue weighted by molar-refractivity contribution is -0.120. The first-order valence-electron chi connectivity index (χ1n) is 6.20. The Balaban J connectivity index is 1.74. The van der Waals surface area contributed by atoms with Crippen LogP contribution in [-0.4, -0.2) is 12.5 Å². The number of halogens is 1. The van der Waals surface area contributed by atoms with E-state index in [4.69, 9.17) is 0 Å². The van der Waals surface area contributed by atoms with Gasteiger partial charge in [0.15, 0.2) is 0 Å². The number of thiophene rings is 1. The predicted octanol–water partition coefficient (Wildman–Crippen LogP) is 3.72. The quantitative estimate of drug-likeness (QED) is 0.885. The molecule has 2 nitrogen and oxygen atoms in total. The van der Waals surface area contributed by atoms with Crippen LogP contribution >= 0.6 is 27.3 Å². The molecule has 0 aliphatic rings. The van der Waals surface area contributed by atoms with E-state index in [9.17, 15) is 4.79 Å². The summed E-state index contributed by atoms with van der Waals surface area (Å²) in [5.74, 6) is 0.0828. The number of carbonyl (C=O) groups excluding carboxylic acids is 1. The summed E-state index contributed by atoms with van der Waals surface area (Å²) in [5.41, 5.74) is 2.27. The molecule has 1 N–H and O–H groups in total. The van der Waals surface area contributed by atoms with Crippen molar-refractivity contribution in [2.45, 2.75) is 19.8 Å². The van der Waals surface area contributed by atoms with Crippen LogP contribution in [0.4, 0.5) is 0 Å². The zero-order valence-corrected chi connectivity index (χ0v) is 13.2. The number of nitrogens with one attached hydrogen (secondary N) is 1. The topological polar surface area (TPSA) is 29.1 Å². The van der Waals surface area contributed by atoms with E-state index in [0.29, 0.717) is 13.0 Å². The van der Waals surface area contributed by atoms with Gasteiger partial charge in [0, 0.05) is 11.4 Å². The van der Waals surface area contributed by atoms with Crippen molar-refractivity contribution in [1.29, 1.82) is 0 Å². The molecule has 1 amide bonds. The van der Waals surface area contributed by atoms with Gasteiger partial charge in [-0.3, -0.25) is 4.79 Å². The van der Waals surface area contributed by atoms with E-state index >= 15 is 0 Å². The van der Waals surface area contributed by atoms with Crippen molar-refractivity contribution in [1.82, 2.24) is 5.32 Å². The fourth-order valence-corrected chi connectivity index (χ4v) is 3.25. The van der Waals surface area contributed by atoms with Crippen molar-refractivity contribution >= 4 is 33.2 Å². The van der Waals surface area contributed by atoms with Gasteiger partial charge in [-0.05, 0) is 47.0 Å². The molecule has 0 radical (unpaired) electrons. The minimum Gasteiger partial charge on any atom is -0.355 e. The predicted molar refractivity (Wildman–Crippen MR) is 83.6 cm³/mol. The standard InChI is InChI=1S/C15H16BrNOS/c1-11-2-4-12(5-3-11)10-15(18)17-9-8-13-6-7-14(16)19-13/h2-7H,8-10H2,1H3,(H,17,18). The molecule has 19 heavy (non-hydrogen) atoms. The van der Waals surface area contributed by atoms with Crippen LogP contribution in [0.2, 0.25) is 0 Å². The maximum atomic E-state index is 11.8. The van der Waals surface area contributed by atoms with E-state index in [-0.39, 0.29) is 5.91 Å². The van der Waals surface area contributed by atoms with Crippen molar-refractivity contribution < 1.29 is 4.79 Å². The van der Waals surface area contributed by atoms with Crippen molar-refractivity contribution in [3.8, 4) is 0 Å². The maximum absolute atomic E-state index is 11.8. The molecule has 100 valence electrons. The molecule has 4 heteroatoms. The second-order valence-electron chi connectivity index (χ2n) is 4.47. The van der Waals surface area contributed by atoms with Crippen LogP contribution in [0.5, 0.6) is 0 Å². The lowest BCUT2D eigenvalue weighted by atomic mass is 10.1. The summed E-state index contributed by atoms with van der Waals surface area (Å²) >= 11 is 5.14. The molecule has 1 heterocycles. The van der Waals surface area contributed by atoms with Gasteiger partial charge < -0.3 is 5.32 Å². The zero-order chi connectivity index (χ0) is 13.7. The first kappa shape index (κ1) is 14.3. The summed E-state index contributed by atoms with van der Waals surface area (Å²) in [6, 6.07) is 12.2. The van der Waals surface area contributed by atoms with Crippen LogP contribution in [0.25, 0.3) is 0 Å². The van der Waals surface area contributed by atoms with Crippen molar-refractivity contribution in [3.05, 3.63) is 56.2 Å². The van der Waals surface area contributed by atoms with Gasteiger partial charge in [-0.2, -0.15) is 0 Å². The van der Waals surface area contributed by atoms with E-state index in [0.717, 1.165) is 15.8 Å². The summed E-state index contributed by atoms with van der Waals surface area (Å²) in [5, 5.41) is 2.96. The highest BCUT2D eigenvalue weighted by molar-refractivity contribution is 9.11. The Bertz CT molecular complexity index is 548. The first-order chi connectivity index (χ1) is 9.13.